The van der Waals surface area contributed by atoms with Crippen LogP contribution in [0.5, 0.6) is 0 Å². The third kappa shape index (κ3) is 5.06. The van der Waals surface area contributed by atoms with Gasteiger partial charge in [0.25, 0.3) is 0 Å². The lowest BCUT2D eigenvalue weighted by Crippen LogP contribution is -2.36. The molecule has 3 nitrogen and oxygen atoms in total. The predicted octanol–water partition coefficient (Wildman–Crippen LogP) is 6.68. The topological polar surface area (TPSA) is 35.5 Å². The Labute approximate surface area is 180 Å². The monoisotopic (exact) mass is 406 g/mol. The van der Waals surface area contributed by atoms with E-state index in [1.165, 1.54) is 23.1 Å². The summed E-state index contributed by atoms with van der Waals surface area (Å²) in [6, 6.07) is 17.2. The standard InChI is InChI=1S/C27H34O3/c1-18(2)24-15-4-19(3)16-26(24)30-27(28)29-25-17-22-9-7-20(8-10-22)5-6-21-11-13-23(25)14-12-21/h7-14,18-19,24-26H,4-6,15-17H2,1-3H3. The zero-order chi connectivity index (χ0) is 21.1. The van der Waals surface area contributed by atoms with Crippen LogP contribution in [0.2, 0.25) is 0 Å². The van der Waals surface area contributed by atoms with Crippen molar-refractivity contribution in [3.63, 3.8) is 0 Å². The minimum atomic E-state index is -0.530. The van der Waals surface area contributed by atoms with Gasteiger partial charge >= 0.3 is 6.16 Å². The molecule has 160 valence electrons. The number of hydrogen-bond donors (Lipinski definition) is 0. The van der Waals surface area contributed by atoms with Crippen LogP contribution in [-0.2, 0) is 28.7 Å². The van der Waals surface area contributed by atoms with Crippen LogP contribution in [0.3, 0.4) is 0 Å². The first-order valence-electron chi connectivity index (χ1n) is 11.5. The maximum Gasteiger partial charge on any atom is 0.509 e. The highest BCUT2D eigenvalue weighted by atomic mass is 16.7. The Morgan fingerprint density at radius 2 is 1.47 bits per heavy atom. The normalized spacial score (nSPS) is 26.1. The molecule has 1 fully saturated rings. The molecule has 0 aromatic heterocycles. The number of rotatable bonds is 3. The van der Waals surface area contributed by atoms with Gasteiger partial charge in [0.1, 0.15) is 12.2 Å². The Morgan fingerprint density at radius 1 is 0.867 bits per heavy atom. The van der Waals surface area contributed by atoms with Gasteiger partial charge in [-0.25, -0.2) is 4.79 Å². The van der Waals surface area contributed by atoms with Gasteiger partial charge in [0.05, 0.1) is 0 Å². The zero-order valence-electron chi connectivity index (χ0n) is 18.5. The van der Waals surface area contributed by atoms with Crippen molar-refractivity contribution in [2.24, 2.45) is 17.8 Å². The molecule has 0 aliphatic heterocycles. The number of hydrogen-bond acceptors (Lipinski definition) is 3. The van der Waals surface area contributed by atoms with E-state index in [4.69, 9.17) is 9.47 Å². The lowest BCUT2D eigenvalue weighted by atomic mass is 9.75. The molecule has 0 saturated heterocycles. The molecule has 1 saturated carbocycles. The molecule has 2 aromatic carbocycles. The predicted molar refractivity (Wildman–Crippen MR) is 119 cm³/mol. The minimum Gasteiger partial charge on any atom is -0.431 e. The average Bonchev–Trinajstić information content (AvgIpc) is 2.71. The SMILES string of the molecule is CC1CCC(C(C)C)C(OC(=O)OC2Cc3ccc(cc3)CCc3ccc2cc3)C1. The third-order valence-corrected chi connectivity index (χ3v) is 6.95. The highest BCUT2D eigenvalue weighted by Gasteiger charge is 2.34. The molecule has 0 amide bonds. The highest BCUT2D eigenvalue weighted by Crippen LogP contribution is 2.36. The van der Waals surface area contributed by atoms with Gasteiger partial charge in [0.2, 0.25) is 0 Å². The number of benzene rings is 2. The molecular weight excluding hydrogens is 372 g/mol. The highest BCUT2D eigenvalue weighted by molar-refractivity contribution is 5.61. The van der Waals surface area contributed by atoms with Crippen molar-refractivity contribution >= 4 is 6.16 Å². The Kier molecular flexibility index (Phi) is 6.46. The van der Waals surface area contributed by atoms with E-state index in [0.29, 0.717) is 24.2 Å². The summed E-state index contributed by atoms with van der Waals surface area (Å²) in [5.74, 6) is 1.50. The summed E-state index contributed by atoms with van der Waals surface area (Å²) in [6.45, 7) is 6.69. The van der Waals surface area contributed by atoms with E-state index in [2.05, 4.69) is 69.3 Å². The van der Waals surface area contributed by atoms with Crippen LogP contribution in [0.15, 0.2) is 48.5 Å². The van der Waals surface area contributed by atoms with E-state index in [1.54, 1.807) is 0 Å². The second kappa shape index (κ2) is 9.24. The van der Waals surface area contributed by atoms with Crippen LogP contribution in [0, 0.1) is 17.8 Å². The maximum absolute atomic E-state index is 12.8. The Bertz CT molecular complexity index is 837. The molecule has 0 N–H and O–H groups in total. The minimum absolute atomic E-state index is 0.0471. The van der Waals surface area contributed by atoms with E-state index in [1.807, 2.05) is 0 Å². The van der Waals surface area contributed by atoms with Crippen LogP contribution < -0.4 is 0 Å². The molecule has 0 radical (unpaired) electrons. The first-order chi connectivity index (χ1) is 14.5. The van der Waals surface area contributed by atoms with Crippen LogP contribution >= 0.6 is 0 Å². The Balaban J connectivity index is 1.50. The van der Waals surface area contributed by atoms with Gasteiger partial charge in [0, 0.05) is 6.42 Å². The van der Waals surface area contributed by atoms with Crippen molar-refractivity contribution in [2.45, 2.75) is 71.5 Å². The summed E-state index contributed by atoms with van der Waals surface area (Å²) in [4.78, 5) is 12.8. The van der Waals surface area contributed by atoms with Gasteiger partial charge < -0.3 is 9.47 Å². The number of ether oxygens (including phenoxy) is 2. The quantitative estimate of drug-likeness (QED) is 0.533. The van der Waals surface area contributed by atoms with E-state index < -0.39 is 6.16 Å². The summed E-state index contributed by atoms with van der Waals surface area (Å²) in [5.41, 5.74) is 4.84. The molecule has 4 bridgehead atoms. The lowest BCUT2D eigenvalue weighted by Gasteiger charge is -2.36. The Hall–Kier alpha value is -2.29. The van der Waals surface area contributed by atoms with Gasteiger partial charge in [-0.05, 0) is 65.7 Å². The Morgan fingerprint density at radius 3 is 2.10 bits per heavy atom. The zero-order valence-corrected chi connectivity index (χ0v) is 18.5. The van der Waals surface area contributed by atoms with E-state index in [9.17, 15) is 4.79 Å². The molecule has 0 heterocycles. The summed E-state index contributed by atoms with van der Waals surface area (Å²) in [5, 5.41) is 0. The molecule has 30 heavy (non-hydrogen) atoms. The molecule has 7 rings (SSSR count). The number of carbonyl (C=O) groups excluding carboxylic acids is 1. The first kappa shape index (κ1) is 21.0. The van der Waals surface area contributed by atoms with Crippen molar-refractivity contribution in [1.82, 2.24) is 0 Å². The van der Waals surface area contributed by atoms with Crippen LogP contribution in [-0.4, -0.2) is 12.3 Å². The van der Waals surface area contributed by atoms with Crippen molar-refractivity contribution < 1.29 is 14.3 Å². The van der Waals surface area contributed by atoms with Gasteiger partial charge in [-0.3, -0.25) is 0 Å². The fourth-order valence-corrected chi connectivity index (χ4v) is 4.99. The number of carbonyl (C=O) groups is 1. The molecular formula is C27H34O3. The van der Waals surface area contributed by atoms with Crippen molar-refractivity contribution in [3.8, 4) is 0 Å². The molecule has 0 spiro atoms. The van der Waals surface area contributed by atoms with Crippen LogP contribution in [0.1, 0.15) is 68.4 Å². The fourth-order valence-electron chi connectivity index (χ4n) is 4.99. The largest absolute Gasteiger partial charge is 0.509 e. The fraction of sp³-hybridized carbons (Fsp3) is 0.519. The molecule has 5 aliphatic rings. The van der Waals surface area contributed by atoms with Crippen molar-refractivity contribution in [2.75, 3.05) is 0 Å². The summed E-state index contributed by atoms with van der Waals surface area (Å²) >= 11 is 0. The van der Waals surface area contributed by atoms with Gasteiger partial charge in [-0.1, -0.05) is 75.7 Å². The van der Waals surface area contributed by atoms with Crippen LogP contribution in [0.4, 0.5) is 4.79 Å². The molecule has 4 unspecified atom stereocenters. The summed E-state index contributed by atoms with van der Waals surface area (Å²) in [6.07, 6.45) is 5.06. The van der Waals surface area contributed by atoms with Crippen molar-refractivity contribution in [1.29, 1.82) is 0 Å². The smallest absolute Gasteiger partial charge is 0.431 e. The first-order valence-corrected chi connectivity index (χ1v) is 11.5. The molecule has 2 aromatic rings. The molecule has 5 aliphatic carbocycles. The van der Waals surface area contributed by atoms with E-state index in [0.717, 1.165) is 31.2 Å². The molecule has 4 atom stereocenters. The number of aryl methyl sites for hydroxylation is 2. The van der Waals surface area contributed by atoms with Gasteiger partial charge in [-0.2, -0.15) is 0 Å². The lowest BCUT2D eigenvalue weighted by molar-refractivity contribution is -0.0458. The van der Waals surface area contributed by atoms with Gasteiger partial charge in [-0.15, -0.1) is 0 Å². The summed E-state index contributed by atoms with van der Waals surface area (Å²) in [7, 11) is 0. The molecule has 3 heteroatoms. The van der Waals surface area contributed by atoms with E-state index >= 15 is 0 Å². The third-order valence-electron chi connectivity index (χ3n) is 6.95. The van der Waals surface area contributed by atoms with Crippen LogP contribution in [0.25, 0.3) is 0 Å². The van der Waals surface area contributed by atoms with Gasteiger partial charge in [0.15, 0.2) is 0 Å². The van der Waals surface area contributed by atoms with Crippen molar-refractivity contribution in [3.05, 3.63) is 70.8 Å². The second-order valence-electron chi connectivity index (χ2n) is 9.60. The maximum atomic E-state index is 12.8. The van der Waals surface area contributed by atoms with E-state index in [-0.39, 0.29) is 12.2 Å². The second-order valence-corrected chi connectivity index (χ2v) is 9.60. The summed E-state index contributed by atoms with van der Waals surface area (Å²) < 4.78 is 11.9. The average molecular weight is 407 g/mol.